The topological polar surface area (TPSA) is 87.7 Å². The molecule has 1 aliphatic rings. The number of amides is 1. The van der Waals surface area contributed by atoms with E-state index in [1.165, 1.54) is 30.4 Å². The quantitative estimate of drug-likeness (QED) is 0.302. The average molecular weight is 559 g/mol. The van der Waals surface area contributed by atoms with Gasteiger partial charge in [0, 0.05) is 31.0 Å². The lowest BCUT2D eigenvalue weighted by molar-refractivity contribution is -0.140. The van der Waals surface area contributed by atoms with Gasteiger partial charge in [-0.2, -0.15) is 0 Å². The van der Waals surface area contributed by atoms with Gasteiger partial charge >= 0.3 is 5.97 Å². The van der Waals surface area contributed by atoms with Crippen LogP contribution in [0, 0.1) is 11.6 Å². The molecular weight excluding hydrogens is 514 g/mol. The molecule has 6 nitrogen and oxygen atoms in total. The minimum absolute atomic E-state index is 0.00510. The minimum Gasteiger partial charge on any atom is -0.469 e. The van der Waals surface area contributed by atoms with Gasteiger partial charge in [-0.25, -0.2) is 8.78 Å². The largest absolute Gasteiger partial charge is 0.469 e. The molecule has 2 aromatic carbocycles. The number of aliphatic hydroxyl groups is 1. The molecule has 0 aliphatic heterocycles. The Hall–Kier alpha value is -2.84. The molecule has 0 aromatic heterocycles. The van der Waals surface area contributed by atoms with Crippen molar-refractivity contribution >= 4 is 11.9 Å². The van der Waals surface area contributed by atoms with E-state index in [0.29, 0.717) is 12.0 Å². The summed E-state index contributed by atoms with van der Waals surface area (Å²) in [4.78, 5) is 24.1. The van der Waals surface area contributed by atoms with Crippen molar-refractivity contribution in [2.24, 2.45) is 0 Å². The Bertz CT molecular complexity index is 1120. The summed E-state index contributed by atoms with van der Waals surface area (Å²) in [6, 6.07) is 11.0. The molecule has 3 rings (SSSR count). The van der Waals surface area contributed by atoms with Crippen molar-refractivity contribution in [3.63, 3.8) is 0 Å². The second-order valence-electron chi connectivity index (χ2n) is 12.0. The Kier molecular flexibility index (Phi) is 11.2. The zero-order valence-corrected chi connectivity index (χ0v) is 24.2. The monoisotopic (exact) mass is 558 g/mol. The van der Waals surface area contributed by atoms with E-state index in [9.17, 15) is 23.5 Å². The Balaban J connectivity index is 1.79. The minimum atomic E-state index is -1.03. The van der Waals surface area contributed by atoms with Gasteiger partial charge in [0.25, 0.3) is 0 Å². The van der Waals surface area contributed by atoms with E-state index >= 15 is 0 Å². The fourth-order valence-electron chi connectivity index (χ4n) is 5.49. The summed E-state index contributed by atoms with van der Waals surface area (Å²) < 4.78 is 32.5. The summed E-state index contributed by atoms with van der Waals surface area (Å²) >= 11 is 0. The molecule has 0 radical (unpaired) electrons. The Morgan fingerprint density at radius 2 is 1.70 bits per heavy atom. The van der Waals surface area contributed by atoms with Crippen LogP contribution < -0.4 is 10.6 Å². The second-order valence-corrected chi connectivity index (χ2v) is 12.0. The van der Waals surface area contributed by atoms with Crippen LogP contribution in [0.3, 0.4) is 0 Å². The molecule has 1 fully saturated rings. The van der Waals surface area contributed by atoms with Crippen LogP contribution in [0.4, 0.5) is 8.78 Å². The first-order valence-corrected chi connectivity index (χ1v) is 14.3. The first-order valence-electron chi connectivity index (χ1n) is 14.3. The van der Waals surface area contributed by atoms with Gasteiger partial charge in [-0.3, -0.25) is 9.59 Å². The molecule has 1 unspecified atom stereocenters. The summed E-state index contributed by atoms with van der Waals surface area (Å²) in [6.07, 6.45) is 4.60. The van der Waals surface area contributed by atoms with Crippen LogP contribution in [-0.2, 0) is 31.7 Å². The second kappa shape index (κ2) is 14.2. The van der Waals surface area contributed by atoms with Crippen LogP contribution in [0.1, 0.15) is 88.8 Å². The molecule has 0 spiro atoms. The predicted molar refractivity (Wildman–Crippen MR) is 152 cm³/mol. The van der Waals surface area contributed by atoms with Gasteiger partial charge in [-0.1, -0.05) is 64.3 Å². The highest BCUT2D eigenvalue weighted by Gasteiger charge is 2.35. The number of halogens is 2. The number of benzene rings is 2. The van der Waals surface area contributed by atoms with Gasteiger partial charge in [0.1, 0.15) is 11.6 Å². The van der Waals surface area contributed by atoms with E-state index in [1.54, 1.807) is 0 Å². The number of methoxy groups -OCH3 is 1. The number of rotatable bonds is 12. The maximum Gasteiger partial charge on any atom is 0.305 e. The highest BCUT2D eigenvalue weighted by molar-refractivity contribution is 5.77. The number of hydrogen-bond donors (Lipinski definition) is 3. The van der Waals surface area contributed by atoms with Gasteiger partial charge in [0.15, 0.2) is 0 Å². The molecule has 0 bridgehead atoms. The third-order valence-electron chi connectivity index (χ3n) is 7.84. The maximum absolute atomic E-state index is 13.9. The number of ether oxygens (including phenoxy) is 1. The Labute approximate surface area is 236 Å². The SMILES string of the molecule is COC(=O)CCCC(=O)NC(Cc1cc(F)cc(F)c1)[C@@H](O)CNC1(c2cccc(C(C)(C)C)c2)CCCCC1. The van der Waals surface area contributed by atoms with Crippen molar-refractivity contribution < 1.29 is 28.2 Å². The van der Waals surface area contributed by atoms with Crippen molar-refractivity contribution in [3.8, 4) is 0 Å². The molecule has 1 saturated carbocycles. The molecule has 2 aromatic rings. The molecular formula is C32H44F2N2O4. The molecule has 3 N–H and O–H groups in total. The third-order valence-corrected chi connectivity index (χ3v) is 7.84. The number of nitrogens with one attached hydrogen (secondary N) is 2. The average Bonchev–Trinajstić information content (AvgIpc) is 2.91. The number of carbonyl (C=O) groups excluding carboxylic acids is 2. The molecule has 1 aliphatic carbocycles. The van der Waals surface area contributed by atoms with Gasteiger partial charge in [-0.15, -0.1) is 0 Å². The summed E-state index contributed by atoms with van der Waals surface area (Å²) in [5.41, 5.74) is 2.43. The lowest BCUT2D eigenvalue weighted by Crippen LogP contribution is -2.53. The molecule has 8 heteroatoms. The van der Waals surface area contributed by atoms with Gasteiger partial charge in [0.2, 0.25) is 5.91 Å². The van der Waals surface area contributed by atoms with Gasteiger partial charge in [0.05, 0.1) is 19.3 Å². The van der Waals surface area contributed by atoms with E-state index in [2.05, 4.69) is 60.4 Å². The Morgan fingerprint density at radius 3 is 2.33 bits per heavy atom. The molecule has 0 saturated heterocycles. The molecule has 220 valence electrons. The van der Waals surface area contributed by atoms with Crippen molar-refractivity contribution in [1.29, 1.82) is 0 Å². The van der Waals surface area contributed by atoms with Gasteiger partial charge < -0.3 is 20.5 Å². The lowest BCUT2D eigenvalue weighted by atomic mass is 9.74. The van der Waals surface area contributed by atoms with Crippen LogP contribution in [0.25, 0.3) is 0 Å². The summed E-state index contributed by atoms with van der Waals surface area (Å²) in [5.74, 6) is -2.19. The summed E-state index contributed by atoms with van der Waals surface area (Å²) in [5, 5.41) is 17.8. The fraction of sp³-hybridized carbons (Fsp3) is 0.562. The smallest absolute Gasteiger partial charge is 0.305 e. The van der Waals surface area contributed by atoms with Crippen molar-refractivity contribution in [3.05, 3.63) is 70.8 Å². The Morgan fingerprint density at radius 1 is 1.02 bits per heavy atom. The maximum atomic E-state index is 13.9. The third kappa shape index (κ3) is 9.10. The number of carbonyl (C=O) groups is 2. The first kappa shape index (κ1) is 31.7. The molecule has 0 heterocycles. The zero-order chi connectivity index (χ0) is 29.3. The van der Waals surface area contributed by atoms with Crippen molar-refractivity contribution in [2.45, 2.75) is 102 Å². The van der Waals surface area contributed by atoms with E-state index in [-0.39, 0.29) is 42.7 Å². The number of hydrogen-bond acceptors (Lipinski definition) is 5. The van der Waals surface area contributed by atoms with E-state index in [0.717, 1.165) is 38.2 Å². The van der Waals surface area contributed by atoms with Crippen LogP contribution in [0.15, 0.2) is 42.5 Å². The summed E-state index contributed by atoms with van der Waals surface area (Å²) in [6.45, 7) is 6.74. The van der Waals surface area contributed by atoms with Crippen molar-refractivity contribution in [1.82, 2.24) is 10.6 Å². The predicted octanol–water partition coefficient (Wildman–Crippen LogP) is 5.44. The summed E-state index contributed by atoms with van der Waals surface area (Å²) in [7, 11) is 1.29. The van der Waals surface area contributed by atoms with Gasteiger partial charge in [-0.05, 0) is 59.9 Å². The first-order chi connectivity index (χ1) is 18.9. The van der Waals surface area contributed by atoms with E-state index in [4.69, 9.17) is 0 Å². The van der Waals surface area contributed by atoms with E-state index in [1.807, 2.05) is 0 Å². The highest BCUT2D eigenvalue weighted by atomic mass is 19.1. The standard InChI is InChI=1S/C32H44F2N2O4/c1-31(2,3)23-10-8-11-24(19-23)32(14-6-5-7-15-32)35-21-28(37)27(18-22-16-25(33)20-26(34)17-22)36-29(38)12-9-13-30(39)40-4/h8,10-11,16-17,19-20,27-28,35,37H,5-7,9,12-15,18,21H2,1-4H3,(H,36,38)/t27?,28-/m0/s1. The van der Waals surface area contributed by atoms with E-state index < -0.39 is 29.7 Å². The van der Waals surface area contributed by atoms with Crippen molar-refractivity contribution in [2.75, 3.05) is 13.7 Å². The number of aliphatic hydroxyl groups excluding tert-OH is 1. The fourth-order valence-corrected chi connectivity index (χ4v) is 5.49. The zero-order valence-electron chi connectivity index (χ0n) is 24.2. The van der Waals surface area contributed by atoms with Crippen LogP contribution in [0.2, 0.25) is 0 Å². The lowest BCUT2D eigenvalue weighted by Gasteiger charge is -2.41. The van der Waals surface area contributed by atoms with Crippen LogP contribution in [-0.4, -0.2) is 42.8 Å². The molecule has 40 heavy (non-hydrogen) atoms. The molecule has 1 amide bonds. The highest BCUT2D eigenvalue weighted by Crippen LogP contribution is 2.38. The van der Waals surface area contributed by atoms with Crippen LogP contribution in [0.5, 0.6) is 0 Å². The molecule has 2 atom stereocenters. The normalized spacial score (nSPS) is 16.7. The number of esters is 1. The van der Waals surface area contributed by atoms with Crippen LogP contribution >= 0.6 is 0 Å².